The van der Waals surface area contributed by atoms with Crippen molar-refractivity contribution < 1.29 is 19.1 Å². The summed E-state index contributed by atoms with van der Waals surface area (Å²) in [6, 6.07) is 25.4. The average Bonchev–Trinajstić information content (AvgIpc) is 3.40. The Morgan fingerprint density at radius 1 is 0.788 bits per heavy atom. The Bertz CT molecular complexity index is 1220. The molecule has 0 aliphatic heterocycles. The van der Waals surface area contributed by atoms with Gasteiger partial charge in [-0.2, -0.15) is 0 Å². The summed E-state index contributed by atoms with van der Waals surface area (Å²) in [6.07, 6.45) is 0. The Balaban J connectivity index is 1.38. The van der Waals surface area contributed by atoms with Crippen LogP contribution in [0.2, 0.25) is 0 Å². The van der Waals surface area contributed by atoms with E-state index in [0.717, 1.165) is 5.56 Å². The lowest BCUT2D eigenvalue weighted by atomic mass is 10.1. The Morgan fingerprint density at radius 2 is 1.48 bits per heavy atom. The van der Waals surface area contributed by atoms with E-state index in [2.05, 4.69) is 10.6 Å². The molecule has 6 nitrogen and oxygen atoms in total. The van der Waals surface area contributed by atoms with Crippen molar-refractivity contribution >= 4 is 34.5 Å². The van der Waals surface area contributed by atoms with Crippen LogP contribution in [-0.4, -0.2) is 18.9 Å². The molecule has 0 saturated heterocycles. The number of nitrogens with one attached hydrogen (secondary N) is 2. The van der Waals surface area contributed by atoms with E-state index in [-0.39, 0.29) is 11.8 Å². The molecule has 0 spiro atoms. The van der Waals surface area contributed by atoms with Gasteiger partial charge in [-0.15, -0.1) is 11.3 Å². The number of anilines is 2. The maximum absolute atomic E-state index is 12.7. The molecular weight excluding hydrogens is 436 g/mol. The quantitative estimate of drug-likeness (QED) is 0.348. The van der Waals surface area contributed by atoms with Crippen LogP contribution in [0, 0.1) is 0 Å². The summed E-state index contributed by atoms with van der Waals surface area (Å²) in [7, 11) is 1.54. The summed E-state index contributed by atoms with van der Waals surface area (Å²) in [5.74, 6) is 0.593. The zero-order valence-corrected chi connectivity index (χ0v) is 18.7. The van der Waals surface area contributed by atoms with E-state index in [1.54, 1.807) is 48.5 Å². The molecule has 0 atom stereocenters. The van der Waals surface area contributed by atoms with Crippen molar-refractivity contribution in [3.05, 3.63) is 106 Å². The molecule has 33 heavy (non-hydrogen) atoms. The minimum Gasteiger partial charge on any atom is -0.493 e. The SMILES string of the molecule is COc1cc(C(=O)Nc2ccc(NC(=O)c3cccs3)cc2)ccc1OCc1ccccc1. The van der Waals surface area contributed by atoms with Gasteiger partial charge < -0.3 is 20.1 Å². The van der Waals surface area contributed by atoms with Gasteiger partial charge in [-0.25, -0.2) is 0 Å². The molecule has 1 heterocycles. The smallest absolute Gasteiger partial charge is 0.265 e. The van der Waals surface area contributed by atoms with Crippen LogP contribution >= 0.6 is 11.3 Å². The monoisotopic (exact) mass is 458 g/mol. The van der Waals surface area contributed by atoms with E-state index in [4.69, 9.17) is 9.47 Å². The van der Waals surface area contributed by atoms with Gasteiger partial charge in [-0.05, 0) is 59.5 Å². The number of carbonyl (C=O) groups is 2. The molecule has 4 aromatic rings. The first-order chi connectivity index (χ1) is 16.1. The Hall–Kier alpha value is -4.10. The van der Waals surface area contributed by atoms with Gasteiger partial charge in [0.2, 0.25) is 0 Å². The van der Waals surface area contributed by atoms with Crippen LogP contribution in [0.3, 0.4) is 0 Å². The van der Waals surface area contributed by atoms with Crippen molar-refractivity contribution in [2.24, 2.45) is 0 Å². The molecule has 0 radical (unpaired) electrons. The fraction of sp³-hybridized carbons (Fsp3) is 0.0769. The van der Waals surface area contributed by atoms with Crippen LogP contribution in [0.25, 0.3) is 0 Å². The molecule has 7 heteroatoms. The molecule has 0 fully saturated rings. The van der Waals surface area contributed by atoms with Crippen molar-refractivity contribution in [1.29, 1.82) is 0 Å². The first kappa shape index (κ1) is 22.1. The fourth-order valence-electron chi connectivity index (χ4n) is 3.10. The lowest BCUT2D eigenvalue weighted by molar-refractivity contribution is 0.101. The molecule has 0 bridgehead atoms. The second kappa shape index (κ2) is 10.5. The fourth-order valence-corrected chi connectivity index (χ4v) is 3.72. The Labute approximate surface area is 195 Å². The third-order valence-electron chi connectivity index (χ3n) is 4.81. The molecule has 0 aliphatic rings. The van der Waals surface area contributed by atoms with Gasteiger partial charge in [0.1, 0.15) is 6.61 Å². The Morgan fingerprint density at radius 3 is 2.12 bits per heavy atom. The molecular formula is C26H22N2O4S. The second-order valence-corrected chi connectivity index (χ2v) is 8.05. The van der Waals surface area contributed by atoms with Crippen molar-refractivity contribution in [2.75, 3.05) is 17.7 Å². The topological polar surface area (TPSA) is 76.7 Å². The van der Waals surface area contributed by atoms with Gasteiger partial charge in [0, 0.05) is 16.9 Å². The van der Waals surface area contributed by atoms with E-state index in [0.29, 0.717) is 39.9 Å². The van der Waals surface area contributed by atoms with Gasteiger partial charge >= 0.3 is 0 Å². The first-order valence-electron chi connectivity index (χ1n) is 10.2. The predicted molar refractivity (Wildman–Crippen MR) is 130 cm³/mol. The lowest BCUT2D eigenvalue weighted by Gasteiger charge is -2.13. The van der Waals surface area contributed by atoms with E-state index in [9.17, 15) is 9.59 Å². The predicted octanol–water partition coefficient (Wildman–Crippen LogP) is 5.84. The zero-order valence-electron chi connectivity index (χ0n) is 17.9. The third-order valence-corrected chi connectivity index (χ3v) is 5.68. The molecule has 0 saturated carbocycles. The molecule has 4 rings (SSSR count). The minimum atomic E-state index is -0.279. The van der Waals surface area contributed by atoms with Crippen LogP contribution in [0.15, 0.2) is 90.3 Å². The number of carbonyl (C=O) groups excluding carboxylic acids is 2. The highest BCUT2D eigenvalue weighted by Gasteiger charge is 2.12. The molecule has 0 unspecified atom stereocenters. The van der Waals surface area contributed by atoms with Crippen molar-refractivity contribution in [1.82, 2.24) is 0 Å². The Kier molecular flexibility index (Phi) is 7.02. The van der Waals surface area contributed by atoms with Gasteiger partial charge in [0.15, 0.2) is 11.5 Å². The molecule has 2 amide bonds. The number of thiophene rings is 1. The highest BCUT2D eigenvalue weighted by Crippen LogP contribution is 2.29. The zero-order chi connectivity index (χ0) is 23.0. The van der Waals surface area contributed by atoms with Crippen molar-refractivity contribution in [3.8, 4) is 11.5 Å². The maximum Gasteiger partial charge on any atom is 0.265 e. The highest BCUT2D eigenvalue weighted by atomic mass is 32.1. The third kappa shape index (κ3) is 5.78. The largest absolute Gasteiger partial charge is 0.493 e. The minimum absolute atomic E-state index is 0.163. The molecule has 1 aromatic heterocycles. The highest BCUT2D eigenvalue weighted by molar-refractivity contribution is 7.12. The molecule has 166 valence electrons. The molecule has 2 N–H and O–H groups in total. The van der Waals surface area contributed by atoms with E-state index in [1.807, 2.05) is 41.8 Å². The van der Waals surface area contributed by atoms with Gasteiger partial charge in [-0.3, -0.25) is 9.59 Å². The average molecular weight is 459 g/mol. The number of methoxy groups -OCH3 is 1. The van der Waals surface area contributed by atoms with E-state index < -0.39 is 0 Å². The summed E-state index contributed by atoms with van der Waals surface area (Å²) in [5.41, 5.74) is 2.73. The van der Waals surface area contributed by atoms with Crippen molar-refractivity contribution in [3.63, 3.8) is 0 Å². The van der Waals surface area contributed by atoms with Gasteiger partial charge in [0.05, 0.1) is 12.0 Å². The number of hydrogen-bond donors (Lipinski definition) is 2. The summed E-state index contributed by atoms with van der Waals surface area (Å²) in [6.45, 7) is 0.401. The lowest BCUT2D eigenvalue weighted by Crippen LogP contribution is -2.13. The standard InChI is InChI=1S/C26H22N2O4S/c1-31-23-16-19(9-14-22(23)32-17-18-6-3-2-4-7-18)25(29)27-20-10-12-21(13-11-20)28-26(30)24-8-5-15-33-24/h2-16H,17H2,1H3,(H,27,29)(H,28,30). The number of benzene rings is 3. The van der Waals surface area contributed by atoms with Crippen molar-refractivity contribution in [2.45, 2.75) is 6.61 Å². The maximum atomic E-state index is 12.7. The molecule has 0 aliphatic carbocycles. The van der Waals surface area contributed by atoms with Gasteiger partial charge in [0.25, 0.3) is 11.8 Å². The summed E-state index contributed by atoms with van der Waals surface area (Å²) < 4.78 is 11.3. The number of amides is 2. The second-order valence-electron chi connectivity index (χ2n) is 7.10. The van der Waals surface area contributed by atoms with Crippen LogP contribution < -0.4 is 20.1 Å². The van der Waals surface area contributed by atoms with Crippen LogP contribution in [-0.2, 0) is 6.61 Å². The summed E-state index contributed by atoms with van der Waals surface area (Å²) in [5, 5.41) is 7.53. The number of ether oxygens (including phenoxy) is 2. The van der Waals surface area contributed by atoms with Gasteiger partial charge in [-0.1, -0.05) is 36.4 Å². The first-order valence-corrected chi connectivity index (χ1v) is 11.1. The number of rotatable bonds is 8. The van der Waals surface area contributed by atoms with E-state index >= 15 is 0 Å². The normalized spacial score (nSPS) is 10.3. The summed E-state index contributed by atoms with van der Waals surface area (Å²) >= 11 is 1.38. The van der Waals surface area contributed by atoms with Crippen LogP contribution in [0.5, 0.6) is 11.5 Å². The molecule has 3 aromatic carbocycles. The number of hydrogen-bond acceptors (Lipinski definition) is 5. The van der Waals surface area contributed by atoms with Crippen LogP contribution in [0.4, 0.5) is 11.4 Å². The van der Waals surface area contributed by atoms with Crippen LogP contribution in [0.1, 0.15) is 25.6 Å². The summed E-state index contributed by atoms with van der Waals surface area (Å²) in [4.78, 5) is 25.5. The van der Waals surface area contributed by atoms with E-state index in [1.165, 1.54) is 18.4 Å².